The highest BCUT2D eigenvalue weighted by molar-refractivity contribution is 5.71. The van der Waals surface area contributed by atoms with Gasteiger partial charge in [0, 0.05) is 32.3 Å². The Morgan fingerprint density at radius 2 is 2.29 bits per heavy atom. The molecule has 2 aromatic heterocycles. The fourth-order valence-corrected chi connectivity index (χ4v) is 2.87. The summed E-state index contributed by atoms with van der Waals surface area (Å²) in [6, 6.07) is 3.99. The second-order valence-corrected chi connectivity index (χ2v) is 6.02. The number of pyridine rings is 1. The molecule has 0 N–H and O–H groups in total. The van der Waals surface area contributed by atoms with Crippen molar-refractivity contribution >= 4 is 11.2 Å². The summed E-state index contributed by atoms with van der Waals surface area (Å²) in [6.45, 7) is 2.80. The number of nitrogens with zero attached hydrogens (tertiary/aromatic N) is 4. The molecule has 1 aliphatic heterocycles. The van der Waals surface area contributed by atoms with Crippen LogP contribution in [-0.4, -0.2) is 52.8 Å². The third-order valence-electron chi connectivity index (χ3n) is 4.04. The topological polar surface area (TPSA) is 43.2 Å². The molecule has 0 radical (unpaired) electrons. The second-order valence-electron chi connectivity index (χ2n) is 6.02. The predicted octanol–water partition coefficient (Wildman–Crippen LogP) is 2.10. The Morgan fingerprint density at radius 1 is 1.38 bits per heavy atom. The first-order valence-electron chi connectivity index (χ1n) is 7.80. The molecule has 0 saturated carbocycles. The summed E-state index contributed by atoms with van der Waals surface area (Å²) >= 11 is 0. The SMILES string of the molecule is CN(C)CCn1c(CC2CCCCO2)nc2cccnc21. The highest BCUT2D eigenvalue weighted by Gasteiger charge is 2.19. The van der Waals surface area contributed by atoms with Crippen molar-refractivity contribution in [2.75, 3.05) is 27.2 Å². The Kier molecular flexibility index (Phi) is 4.51. The summed E-state index contributed by atoms with van der Waals surface area (Å²) in [4.78, 5) is 11.5. The molecule has 1 unspecified atom stereocenters. The smallest absolute Gasteiger partial charge is 0.160 e. The fraction of sp³-hybridized carbons (Fsp3) is 0.625. The van der Waals surface area contributed by atoms with Crippen LogP contribution < -0.4 is 0 Å². The molecule has 5 heteroatoms. The molecule has 2 aromatic rings. The Hall–Kier alpha value is -1.46. The van der Waals surface area contributed by atoms with E-state index in [1.165, 1.54) is 12.8 Å². The van der Waals surface area contributed by atoms with Gasteiger partial charge in [0.15, 0.2) is 5.65 Å². The molecule has 0 bridgehead atoms. The Morgan fingerprint density at radius 3 is 3.05 bits per heavy atom. The van der Waals surface area contributed by atoms with Gasteiger partial charge in [0.1, 0.15) is 11.3 Å². The fourth-order valence-electron chi connectivity index (χ4n) is 2.87. The average molecular weight is 288 g/mol. The lowest BCUT2D eigenvalue weighted by molar-refractivity contribution is 0.0152. The molecule has 114 valence electrons. The van der Waals surface area contributed by atoms with Crippen molar-refractivity contribution in [2.24, 2.45) is 0 Å². The van der Waals surface area contributed by atoms with Crippen LogP contribution in [0.4, 0.5) is 0 Å². The maximum Gasteiger partial charge on any atom is 0.160 e. The first-order chi connectivity index (χ1) is 10.2. The molecule has 3 heterocycles. The lowest BCUT2D eigenvalue weighted by atomic mass is 10.1. The second kappa shape index (κ2) is 6.54. The van der Waals surface area contributed by atoms with Crippen molar-refractivity contribution in [1.82, 2.24) is 19.4 Å². The summed E-state index contributed by atoms with van der Waals surface area (Å²) in [5.41, 5.74) is 1.98. The van der Waals surface area contributed by atoms with E-state index in [0.717, 1.165) is 49.5 Å². The lowest BCUT2D eigenvalue weighted by Gasteiger charge is -2.22. The van der Waals surface area contributed by atoms with E-state index < -0.39 is 0 Å². The number of hydrogen-bond donors (Lipinski definition) is 0. The molecule has 1 aliphatic rings. The quantitative estimate of drug-likeness (QED) is 0.845. The zero-order valence-electron chi connectivity index (χ0n) is 13.0. The van der Waals surface area contributed by atoms with E-state index in [1.54, 1.807) is 0 Å². The van der Waals surface area contributed by atoms with Crippen molar-refractivity contribution in [2.45, 2.75) is 38.3 Å². The molecule has 1 saturated heterocycles. The normalized spacial score (nSPS) is 19.5. The zero-order valence-corrected chi connectivity index (χ0v) is 13.0. The van der Waals surface area contributed by atoms with Gasteiger partial charge in [-0.25, -0.2) is 9.97 Å². The summed E-state index contributed by atoms with van der Waals surface area (Å²) in [7, 11) is 4.19. The van der Waals surface area contributed by atoms with Gasteiger partial charge >= 0.3 is 0 Å². The van der Waals surface area contributed by atoms with E-state index in [2.05, 4.69) is 28.5 Å². The third-order valence-corrected chi connectivity index (χ3v) is 4.04. The van der Waals surface area contributed by atoms with E-state index in [4.69, 9.17) is 9.72 Å². The van der Waals surface area contributed by atoms with Crippen molar-refractivity contribution < 1.29 is 4.74 Å². The highest BCUT2D eigenvalue weighted by Crippen LogP contribution is 2.20. The average Bonchev–Trinajstić information content (AvgIpc) is 2.83. The highest BCUT2D eigenvalue weighted by atomic mass is 16.5. The van der Waals surface area contributed by atoms with E-state index in [9.17, 15) is 0 Å². The van der Waals surface area contributed by atoms with Crippen molar-refractivity contribution in [3.63, 3.8) is 0 Å². The van der Waals surface area contributed by atoms with Crippen molar-refractivity contribution in [3.8, 4) is 0 Å². The van der Waals surface area contributed by atoms with E-state index in [-0.39, 0.29) is 0 Å². The van der Waals surface area contributed by atoms with Gasteiger partial charge < -0.3 is 14.2 Å². The number of hydrogen-bond acceptors (Lipinski definition) is 4. The summed E-state index contributed by atoms with van der Waals surface area (Å²) < 4.78 is 8.13. The molecule has 1 atom stereocenters. The first kappa shape index (κ1) is 14.5. The number of aromatic nitrogens is 3. The minimum absolute atomic E-state index is 0.314. The number of imidazole rings is 1. The van der Waals surface area contributed by atoms with Crippen LogP contribution in [0.5, 0.6) is 0 Å². The molecule has 21 heavy (non-hydrogen) atoms. The molecule has 3 rings (SSSR count). The van der Waals surface area contributed by atoms with Gasteiger partial charge in [0.2, 0.25) is 0 Å². The predicted molar refractivity (Wildman–Crippen MR) is 83.4 cm³/mol. The third kappa shape index (κ3) is 3.41. The van der Waals surface area contributed by atoms with Gasteiger partial charge in [-0.2, -0.15) is 0 Å². The van der Waals surface area contributed by atoms with E-state index >= 15 is 0 Å². The number of likely N-dealkylation sites (N-methyl/N-ethyl adjacent to an activating group) is 1. The largest absolute Gasteiger partial charge is 0.378 e. The summed E-state index contributed by atoms with van der Waals surface area (Å²) in [6.07, 6.45) is 6.65. The van der Waals surface area contributed by atoms with Gasteiger partial charge in [-0.05, 0) is 45.5 Å². The van der Waals surface area contributed by atoms with E-state index in [0.29, 0.717) is 6.10 Å². The maximum atomic E-state index is 5.87. The van der Waals surface area contributed by atoms with Gasteiger partial charge in [-0.1, -0.05) is 0 Å². The van der Waals surface area contributed by atoms with Crippen LogP contribution in [0, 0.1) is 0 Å². The molecule has 0 aliphatic carbocycles. The molecule has 0 amide bonds. The van der Waals surface area contributed by atoms with Crippen LogP contribution in [0.3, 0.4) is 0 Å². The number of rotatable bonds is 5. The standard InChI is InChI=1S/C16H24N4O/c1-19(2)9-10-20-15(12-13-6-3-4-11-21-13)18-14-7-5-8-17-16(14)20/h5,7-8,13H,3-4,6,9-12H2,1-2H3. The van der Waals surface area contributed by atoms with Crippen LogP contribution in [0.15, 0.2) is 18.3 Å². The van der Waals surface area contributed by atoms with Crippen LogP contribution in [0.2, 0.25) is 0 Å². The van der Waals surface area contributed by atoms with Crippen molar-refractivity contribution in [1.29, 1.82) is 0 Å². The first-order valence-corrected chi connectivity index (χ1v) is 7.80. The number of fused-ring (bicyclic) bond motifs is 1. The maximum absolute atomic E-state index is 5.87. The molecule has 0 spiro atoms. The minimum Gasteiger partial charge on any atom is -0.378 e. The van der Waals surface area contributed by atoms with Crippen LogP contribution in [-0.2, 0) is 17.7 Å². The van der Waals surface area contributed by atoms with Gasteiger partial charge in [0.05, 0.1) is 6.10 Å². The molecular weight excluding hydrogens is 264 g/mol. The Balaban J connectivity index is 1.86. The molecule has 0 aromatic carbocycles. The van der Waals surface area contributed by atoms with Crippen LogP contribution >= 0.6 is 0 Å². The summed E-state index contributed by atoms with van der Waals surface area (Å²) in [5.74, 6) is 1.11. The lowest BCUT2D eigenvalue weighted by Crippen LogP contribution is -2.25. The van der Waals surface area contributed by atoms with Crippen molar-refractivity contribution in [3.05, 3.63) is 24.2 Å². The Labute approximate surface area is 125 Å². The number of ether oxygens (including phenoxy) is 1. The van der Waals surface area contributed by atoms with Crippen LogP contribution in [0.1, 0.15) is 25.1 Å². The van der Waals surface area contributed by atoms with Gasteiger partial charge in [-0.15, -0.1) is 0 Å². The molecular formula is C16H24N4O. The van der Waals surface area contributed by atoms with Gasteiger partial charge in [0.25, 0.3) is 0 Å². The van der Waals surface area contributed by atoms with Crippen LogP contribution in [0.25, 0.3) is 11.2 Å². The van der Waals surface area contributed by atoms with E-state index in [1.807, 2.05) is 18.3 Å². The monoisotopic (exact) mass is 288 g/mol. The molecule has 1 fully saturated rings. The Bertz CT molecular complexity index is 587. The van der Waals surface area contributed by atoms with Gasteiger partial charge in [-0.3, -0.25) is 0 Å². The minimum atomic E-state index is 0.314. The molecule has 5 nitrogen and oxygen atoms in total. The summed E-state index contributed by atoms with van der Waals surface area (Å²) in [5, 5.41) is 0. The zero-order chi connectivity index (χ0) is 14.7.